The van der Waals surface area contributed by atoms with E-state index in [1.807, 2.05) is 31.2 Å². The predicted molar refractivity (Wildman–Crippen MR) is 85.0 cm³/mol. The lowest BCUT2D eigenvalue weighted by molar-refractivity contribution is -0.126. The van der Waals surface area contributed by atoms with E-state index in [2.05, 4.69) is 19.2 Å². The van der Waals surface area contributed by atoms with Crippen LogP contribution in [0.5, 0.6) is 0 Å². The third kappa shape index (κ3) is 4.50. The summed E-state index contributed by atoms with van der Waals surface area (Å²) in [6, 6.07) is 7.71. The Labute approximate surface area is 126 Å². The summed E-state index contributed by atoms with van der Waals surface area (Å²) >= 11 is 5.90. The number of nitrogens with one attached hydrogen (secondary N) is 1. The monoisotopic (exact) mass is 296 g/mol. The molecule has 0 radical (unpaired) electrons. The van der Waals surface area contributed by atoms with E-state index in [1.54, 1.807) is 6.92 Å². The van der Waals surface area contributed by atoms with E-state index < -0.39 is 5.54 Å². The van der Waals surface area contributed by atoms with Gasteiger partial charge in [0, 0.05) is 17.0 Å². The van der Waals surface area contributed by atoms with Gasteiger partial charge in [-0.2, -0.15) is 0 Å². The molecule has 4 heteroatoms. The first-order chi connectivity index (χ1) is 9.19. The lowest BCUT2D eigenvalue weighted by atomic mass is 9.84. The molecule has 0 aromatic heterocycles. The van der Waals surface area contributed by atoms with Crippen LogP contribution in [0.4, 0.5) is 0 Å². The van der Waals surface area contributed by atoms with E-state index in [1.165, 1.54) is 0 Å². The third-order valence-electron chi connectivity index (χ3n) is 3.60. The van der Waals surface area contributed by atoms with Crippen molar-refractivity contribution in [2.75, 3.05) is 6.54 Å². The van der Waals surface area contributed by atoms with E-state index in [4.69, 9.17) is 17.3 Å². The smallest absolute Gasteiger partial charge is 0.239 e. The van der Waals surface area contributed by atoms with Crippen molar-refractivity contribution in [2.45, 2.75) is 51.5 Å². The molecule has 0 heterocycles. The van der Waals surface area contributed by atoms with Crippen LogP contribution in [0.2, 0.25) is 5.02 Å². The number of hydrogen-bond acceptors (Lipinski definition) is 2. The molecule has 1 aromatic carbocycles. The average molecular weight is 297 g/mol. The summed E-state index contributed by atoms with van der Waals surface area (Å²) < 4.78 is 0. The molecule has 0 fully saturated rings. The number of amides is 1. The minimum atomic E-state index is -0.801. The van der Waals surface area contributed by atoms with Gasteiger partial charge in [0.2, 0.25) is 5.91 Å². The number of halogens is 1. The van der Waals surface area contributed by atoms with Crippen molar-refractivity contribution in [2.24, 2.45) is 5.73 Å². The zero-order chi connectivity index (χ0) is 15.4. The molecule has 0 aliphatic heterocycles. The summed E-state index contributed by atoms with van der Waals surface area (Å²) in [6.07, 6.45) is 1.57. The van der Waals surface area contributed by atoms with E-state index in [9.17, 15) is 4.79 Å². The molecule has 0 aliphatic carbocycles. The Kier molecular flexibility index (Phi) is 5.60. The van der Waals surface area contributed by atoms with Crippen molar-refractivity contribution in [3.05, 3.63) is 34.9 Å². The van der Waals surface area contributed by atoms with Gasteiger partial charge in [0.05, 0.1) is 5.54 Å². The van der Waals surface area contributed by atoms with Gasteiger partial charge >= 0.3 is 0 Å². The number of rotatable bonds is 6. The molecule has 0 bridgehead atoms. The van der Waals surface area contributed by atoms with Gasteiger partial charge in [-0.05, 0) is 31.0 Å². The Morgan fingerprint density at radius 1 is 1.25 bits per heavy atom. The maximum absolute atomic E-state index is 12.1. The zero-order valence-electron chi connectivity index (χ0n) is 12.8. The molecule has 0 saturated carbocycles. The Morgan fingerprint density at radius 2 is 1.80 bits per heavy atom. The fourth-order valence-electron chi connectivity index (χ4n) is 2.14. The predicted octanol–water partition coefficient (Wildman–Crippen LogP) is 3.25. The molecule has 20 heavy (non-hydrogen) atoms. The maximum Gasteiger partial charge on any atom is 0.239 e. The maximum atomic E-state index is 12.1. The number of carbonyl (C=O) groups excluding carboxylic acids is 1. The molecule has 0 aliphatic rings. The highest BCUT2D eigenvalue weighted by Gasteiger charge is 2.29. The van der Waals surface area contributed by atoms with Gasteiger partial charge in [0.15, 0.2) is 0 Å². The van der Waals surface area contributed by atoms with Crippen LogP contribution in [0.3, 0.4) is 0 Å². The summed E-state index contributed by atoms with van der Waals surface area (Å²) in [5.74, 6) is -0.0959. The first-order valence-corrected chi connectivity index (χ1v) is 7.40. The van der Waals surface area contributed by atoms with Gasteiger partial charge in [-0.25, -0.2) is 0 Å². The minimum Gasteiger partial charge on any atom is -0.354 e. The quantitative estimate of drug-likeness (QED) is 0.846. The van der Waals surface area contributed by atoms with Crippen LogP contribution in [0.1, 0.15) is 46.1 Å². The Hall–Kier alpha value is -1.06. The minimum absolute atomic E-state index is 0.0959. The van der Waals surface area contributed by atoms with Gasteiger partial charge in [0.1, 0.15) is 0 Å². The fourth-order valence-corrected chi connectivity index (χ4v) is 2.27. The van der Waals surface area contributed by atoms with Gasteiger partial charge in [-0.1, -0.05) is 50.9 Å². The first-order valence-electron chi connectivity index (χ1n) is 7.02. The Balaban J connectivity index is 2.68. The molecular weight excluding hydrogens is 272 g/mol. The third-order valence-corrected chi connectivity index (χ3v) is 3.86. The highest BCUT2D eigenvalue weighted by Crippen LogP contribution is 2.24. The number of benzene rings is 1. The number of hydrogen-bond donors (Lipinski definition) is 2. The molecule has 0 saturated heterocycles. The highest BCUT2D eigenvalue weighted by molar-refractivity contribution is 6.30. The van der Waals surface area contributed by atoms with Crippen molar-refractivity contribution >= 4 is 17.5 Å². The van der Waals surface area contributed by atoms with E-state index >= 15 is 0 Å². The molecule has 1 aromatic rings. The van der Waals surface area contributed by atoms with Crippen LogP contribution in [0.25, 0.3) is 0 Å². The first kappa shape index (κ1) is 17.0. The van der Waals surface area contributed by atoms with Crippen LogP contribution >= 0.6 is 11.6 Å². The molecular formula is C16H25ClN2O. The van der Waals surface area contributed by atoms with Crippen LogP contribution in [-0.2, 0) is 10.2 Å². The Bertz CT molecular complexity index is 452. The van der Waals surface area contributed by atoms with Crippen molar-refractivity contribution in [1.82, 2.24) is 5.32 Å². The molecule has 1 rings (SSSR count). The summed E-state index contributed by atoms with van der Waals surface area (Å²) in [4.78, 5) is 12.1. The summed E-state index contributed by atoms with van der Waals surface area (Å²) in [6.45, 7) is 8.52. The van der Waals surface area contributed by atoms with Gasteiger partial charge in [-0.3, -0.25) is 4.79 Å². The summed E-state index contributed by atoms with van der Waals surface area (Å²) in [7, 11) is 0. The number of carbonyl (C=O) groups is 1. The van der Waals surface area contributed by atoms with E-state index in [-0.39, 0.29) is 11.3 Å². The van der Waals surface area contributed by atoms with Crippen molar-refractivity contribution < 1.29 is 4.79 Å². The van der Waals surface area contributed by atoms with Crippen molar-refractivity contribution in [3.63, 3.8) is 0 Å². The molecule has 1 atom stereocenters. The second kappa shape index (κ2) is 6.59. The SMILES string of the molecule is CCCC(C)(N)C(=O)NCC(C)(C)c1ccc(Cl)cc1. The lowest BCUT2D eigenvalue weighted by Crippen LogP contribution is -2.53. The van der Waals surface area contributed by atoms with E-state index in [0.717, 1.165) is 12.0 Å². The topological polar surface area (TPSA) is 55.1 Å². The Morgan fingerprint density at radius 3 is 2.30 bits per heavy atom. The van der Waals surface area contributed by atoms with Crippen LogP contribution in [0.15, 0.2) is 24.3 Å². The lowest BCUT2D eigenvalue weighted by Gasteiger charge is -2.29. The number of nitrogens with two attached hydrogens (primary N) is 1. The average Bonchev–Trinajstić information content (AvgIpc) is 2.36. The molecule has 112 valence electrons. The summed E-state index contributed by atoms with van der Waals surface area (Å²) in [5.41, 5.74) is 6.20. The van der Waals surface area contributed by atoms with Crippen molar-refractivity contribution in [1.29, 1.82) is 0 Å². The van der Waals surface area contributed by atoms with Crippen LogP contribution < -0.4 is 11.1 Å². The van der Waals surface area contributed by atoms with Crippen molar-refractivity contribution in [3.8, 4) is 0 Å². The zero-order valence-corrected chi connectivity index (χ0v) is 13.6. The highest BCUT2D eigenvalue weighted by atomic mass is 35.5. The van der Waals surface area contributed by atoms with Crippen LogP contribution in [-0.4, -0.2) is 18.0 Å². The molecule has 1 amide bonds. The summed E-state index contributed by atoms with van der Waals surface area (Å²) in [5, 5.41) is 3.68. The molecule has 1 unspecified atom stereocenters. The molecule has 3 nitrogen and oxygen atoms in total. The second-order valence-corrected chi connectivity index (χ2v) is 6.68. The van der Waals surface area contributed by atoms with Gasteiger partial charge < -0.3 is 11.1 Å². The largest absolute Gasteiger partial charge is 0.354 e. The molecule has 0 spiro atoms. The normalized spacial score (nSPS) is 14.7. The second-order valence-electron chi connectivity index (χ2n) is 6.24. The van der Waals surface area contributed by atoms with Gasteiger partial charge in [0.25, 0.3) is 0 Å². The van der Waals surface area contributed by atoms with E-state index in [0.29, 0.717) is 18.0 Å². The molecule has 3 N–H and O–H groups in total. The standard InChI is InChI=1S/C16H25ClN2O/c1-5-10-16(4,18)14(20)19-11-15(2,3)12-6-8-13(17)9-7-12/h6-9H,5,10-11,18H2,1-4H3,(H,19,20). The van der Waals surface area contributed by atoms with Crippen LogP contribution in [0, 0.1) is 0 Å². The van der Waals surface area contributed by atoms with Gasteiger partial charge in [-0.15, -0.1) is 0 Å². The fraction of sp³-hybridized carbons (Fsp3) is 0.562.